The van der Waals surface area contributed by atoms with Gasteiger partial charge in [-0.2, -0.15) is 0 Å². The molecule has 2 nitrogen and oxygen atoms in total. The second-order valence-corrected chi connectivity index (χ2v) is 6.43. The van der Waals surface area contributed by atoms with Crippen LogP contribution in [0.4, 0.5) is 5.69 Å². The summed E-state index contributed by atoms with van der Waals surface area (Å²) in [5, 5.41) is 7.11. The smallest absolute Gasteiger partial charge is 0.0405 e. The third kappa shape index (κ3) is 3.11. The molecule has 1 saturated carbocycles. The number of rotatable bonds is 6. The Morgan fingerprint density at radius 2 is 1.95 bits per heavy atom. The summed E-state index contributed by atoms with van der Waals surface area (Å²) in [5.41, 5.74) is 4.65. The van der Waals surface area contributed by atoms with Crippen LogP contribution in [0, 0.1) is 12.3 Å². The van der Waals surface area contributed by atoms with Crippen molar-refractivity contribution in [2.75, 3.05) is 25.5 Å². The molecule has 2 N–H and O–H groups in total. The van der Waals surface area contributed by atoms with Crippen LogP contribution in [0.15, 0.2) is 18.2 Å². The zero-order valence-electron chi connectivity index (χ0n) is 12.8. The zero-order chi connectivity index (χ0) is 13.9. The van der Waals surface area contributed by atoms with Gasteiger partial charge in [0, 0.05) is 24.2 Å². The van der Waals surface area contributed by atoms with Gasteiger partial charge in [0.25, 0.3) is 0 Å². The average Bonchev–Trinajstić information content (AvgIpc) is 2.33. The van der Waals surface area contributed by atoms with E-state index >= 15 is 0 Å². The van der Waals surface area contributed by atoms with Gasteiger partial charge >= 0.3 is 0 Å². The topological polar surface area (TPSA) is 24.1 Å². The lowest BCUT2D eigenvalue weighted by Crippen LogP contribution is -2.44. The van der Waals surface area contributed by atoms with Crippen LogP contribution in [-0.2, 0) is 0 Å². The molecule has 2 rings (SSSR count). The first-order valence-electron chi connectivity index (χ1n) is 7.56. The fraction of sp³-hybridized carbons (Fsp3) is 0.647. The van der Waals surface area contributed by atoms with Crippen LogP contribution in [0.25, 0.3) is 0 Å². The van der Waals surface area contributed by atoms with E-state index in [0.29, 0.717) is 11.3 Å². The first kappa shape index (κ1) is 14.4. The molecule has 0 aliphatic heterocycles. The highest BCUT2D eigenvalue weighted by Gasteiger charge is 2.36. The predicted molar refractivity (Wildman–Crippen MR) is 84.0 cm³/mol. The third-order valence-corrected chi connectivity index (χ3v) is 4.53. The van der Waals surface area contributed by atoms with Gasteiger partial charge in [0.15, 0.2) is 0 Å². The van der Waals surface area contributed by atoms with E-state index in [1.54, 1.807) is 0 Å². The molecule has 0 bridgehead atoms. The molecule has 0 amide bonds. The normalized spacial score (nSPS) is 17.3. The van der Waals surface area contributed by atoms with Gasteiger partial charge in [0.1, 0.15) is 0 Å². The van der Waals surface area contributed by atoms with Gasteiger partial charge in [-0.25, -0.2) is 0 Å². The maximum atomic E-state index is 3.75. The van der Waals surface area contributed by atoms with Crippen LogP contribution >= 0.6 is 0 Å². The summed E-state index contributed by atoms with van der Waals surface area (Å²) in [6.45, 7) is 8.97. The van der Waals surface area contributed by atoms with Crippen molar-refractivity contribution in [3.8, 4) is 0 Å². The predicted octanol–water partition coefficient (Wildman–Crippen LogP) is 3.92. The SMILES string of the molecule is CNCC1(CNc2c(C)cccc2C(C)C)CCC1. The fourth-order valence-electron chi connectivity index (χ4n) is 3.16. The second-order valence-electron chi connectivity index (χ2n) is 6.43. The molecule has 1 aliphatic carbocycles. The van der Waals surface area contributed by atoms with Gasteiger partial charge < -0.3 is 10.6 Å². The maximum absolute atomic E-state index is 3.75. The minimum Gasteiger partial charge on any atom is -0.384 e. The number of aryl methyl sites for hydroxylation is 1. The van der Waals surface area contributed by atoms with Crippen LogP contribution < -0.4 is 10.6 Å². The molecule has 0 heterocycles. The minimum absolute atomic E-state index is 0.477. The Labute approximate surface area is 118 Å². The maximum Gasteiger partial charge on any atom is 0.0405 e. The molecule has 19 heavy (non-hydrogen) atoms. The summed E-state index contributed by atoms with van der Waals surface area (Å²) in [6.07, 6.45) is 4.08. The van der Waals surface area contributed by atoms with Crippen molar-refractivity contribution in [3.05, 3.63) is 29.3 Å². The summed E-state index contributed by atoms with van der Waals surface area (Å²) in [4.78, 5) is 0. The Morgan fingerprint density at radius 3 is 2.47 bits per heavy atom. The van der Waals surface area contributed by atoms with Gasteiger partial charge in [-0.3, -0.25) is 0 Å². The monoisotopic (exact) mass is 260 g/mol. The van der Waals surface area contributed by atoms with Crippen molar-refractivity contribution in [1.29, 1.82) is 0 Å². The van der Waals surface area contributed by atoms with E-state index in [0.717, 1.165) is 13.1 Å². The fourth-order valence-corrected chi connectivity index (χ4v) is 3.16. The van der Waals surface area contributed by atoms with Crippen LogP contribution in [0.2, 0.25) is 0 Å². The van der Waals surface area contributed by atoms with Gasteiger partial charge in [0.2, 0.25) is 0 Å². The van der Waals surface area contributed by atoms with E-state index < -0.39 is 0 Å². The Bertz CT molecular complexity index is 419. The Hall–Kier alpha value is -1.02. The van der Waals surface area contributed by atoms with E-state index in [-0.39, 0.29) is 0 Å². The van der Waals surface area contributed by atoms with Crippen molar-refractivity contribution in [2.24, 2.45) is 5.41 Å². The van der Waals surface area contributed by atoms with Crippen molar-refractivity contribution in [1.82, 2.24) is 5.32 Å². The van der Waals surface area contributed by atoms with Crippen molar-refractivity contribution in [2.45, 2.75) is 46.0 Å². The molecule has 0 spiro atoms. The summed E-state index contributed by atoms with van der Waals surface area (Å²) >= 11 is 0. The number of nitrogens with one attached hydrogen (secondary N) is 2. The standard InChI is InChI=1S/C17H28N2/c1-13(2)15-8-5-7-14(3)16(15)19-12-17(11-18-4)9-6-10-17/h5,7-8,13,18-19H,6,9-12H2,1-4H3. The minimum atomic E-state index is 0.477. The van der Waals surface area contributed by atoms with E-state index in [1.165, 1.54) is 36.1 Å². The van der Waals surface area contributed by atoms with Crippen LogP contribution in [0.1, 0.15) is 50.2 Å². The first-order chi connectivity index (χ1) is 9.08. The van der Waals surface area contributed by atoms with E-state index in [2.05, 4.69) is 56.7 Å². The molecular formula is C17H28N2. The Morgan fingerprint density at radius 1 is 1.21 bits per heavy atom. The van der Waals surface area contributed by atoms with Crippen molar-refractivity contribution < 1.29 is 0 Å². The molecule has 0 unspecified atom stereocenters. The highest BCUT2D eigenvalue weighted by Crippen LogP contribution is 2.41. The third-order valence-electron chi connectivity index (χ3n) is 4.53. The lowest BCUT2D eigenvalue weighted by atomic mass is 9.68. The Balaban J connectivity index is 2.10. The van der Waals surface area contributed by atoms with Gasteiger partial charge in [-0.1, -0.05) is 38.5 Å². The zero-order valence-corrected chi connectivity index (χ0v) is 12.8. The molecule has 0 saturated heterocycles. The molecule has 1 aromatic rings. The molecule has 2 heteroatoms. The van der Waals surface area contributed by atoms with Crippen molar-refractivity contribution in [3.63, 3.8) is 0 Å². The molecule has 1 aliphatic rings. The summed E-state index contributed by atoms with van der Waals surface area (Å²) in [7, 11) is 2.06. The van der Waals surface area contributed by atoms with Crippen LogP contribution in [-0.4, -0.2) is 20.1 Å². The average molecular weight is 260 g/mol. The lowest BCUT2D eigenvalue weighted by molar-refractivity contribution is 0.151. The van der Waals surface area contributed by atoms with Crippen molar-refractivity contribution >= 4 is 5.69 Å². The quantitative estimate of drug-likeness (QED) is 0.810. The van der Waals surface area contributed by atoms with Crippen LogP contribution in [0.3, 0.4) is 0 Å². The van der Waals surface area contributed by atoms with E-state index in [9.17, 15) is 0 Å². The molecular weight excluding hydrogens is 232 g/mol. The molecule has 1 fully saturated rings. The van der Waals surface area contributed by atoms with Crippen LogP contribution in [0.5, 0.6) is 0 Å². The summed E-state index contributed by atoms with van der Waals surface area (Å²) in [5.74, 6) is 0.573. The molecule has 0 atom stereocenters. The highest BCUT2D eigenvalue weighted by atomic mass is 14.9. The molecule has 0 radical (unpaired) electrons. The highest BCUT2D eigenvalue weighted by molar-refractivity contribution is 5.58. The van der Waals surface area contributed by atoms with E-state index in [1.807, 2.05) is 0 Å². The summed E-state index contributed by atoms with van der Waals surface area (Å²) in [6, 6.07) is 6.63. The van der Waals surface area contributed by atoms with Gasteiger partial charge in [-0.05, 0) is 43.9 Å². The summed E-state index contributed by atoms with van der Waals surface area (Å²) < 4.78 is 0. The number of anilines is 1. The number of benzene rings is 1. The number of para-hydroxylation sites is 1. The molecule has 0 aromatic heterocycles. The first-order valence-corrected chi connectivity index (χ1v) is 7.56. The van der Waals surface area contributed by atoms with E-state index in [4.69, 9.17) is 0 Å². The second kappa shape index (κ2) is 5.96. The van der Waals surface area contributed by atoms with Gasteiger partial charge in [-0.15, -0.1) is 0 Å². The Kier molecular flexibility index (Phi) is 4.51. The van der Waals surface area contributed by atoms with Gasteiger partial charge in [0.05, 0.1) is 0 Å². The molecule has 106 valence electrons. The lowest BCUT2D eigenvalue weighted by Gasteiger charge is -2.42. The number of hydrogen-bond donors (Lipinski definition) is 2. The largest absolute Gasteiger partial charge is 0.384 e. The molecule has 1 aromatic carbocycles. The number of hydrogen-bond acceptors (Lipinski definition) is 2.